The summed E-state index contributed by atoms with van der Waals surface area (Å²) in [5.41, 5.74) is 3.71. The number of Topliss-reactive ketones (excluding diaryl/α,β-unsaturated/α-hetero) is 1. The summed E-state index contributed by atoms with van der Waals surface area (Å²) in [6.07, 6.45) is 0. The minimum Gasteiger partial charge on any atom is -0.507 e. The molecule has 1 saturated heterocycles. The molecule has 0 spiro atoms. The number of ketones is 1. The van der Waals surface area contributed by atoms with E-state index in [1.807, 2.05) is 75.4 Å². The van der Waals surface area contributed by atoms with E-state index < -0.39 is 17.7 Å². The van der Waals surface area contributed by atoms with Crippen LogP contribution in [0.3, 0.4) is 0 Å². The first-order valence-electron chi connectivity index (χ1n) is 12.9. The number of benzene rings is 3. The zero-order chi connectivity index (χ0) is 27.6. The van der Waals surface area contributed by atoms with Crippen molar-refractivity contribution in [2.45, 2.75) is 46.6 Å². The van der Waals surface area contributed by atoms with Crippen LogP contribution < -0.4 is 14.4 Å². The number of aliphatic hydroxyl groups excluding tert-OH is 1. The normalized spacial score (nSPS) is 16.9. The lowest BCUT2D eigenvalue weighted by Gasteiger charge is -2.26. The highest BCUT2D eigenvalue weighted by molar-refractivity contribution is 6.51. The number of ether oxygens (including phenoxy) is 2. The molecular formula is C32H35NO5. The number of rotatable bonds is 8. The predicted octanol–water partition coefficient (Wildman–Crippen LogP) is 6.79. The highest BCUT2D eigenvalue weighted by Crippen LogP contribution is 2.43. The zero-order valence-corrected chi connectivity index (χ0v) is 22.8. The van der Waals surface area contributed by atoms with Crippen molar-refractivity contribution < 1.29 is 24.2 Å². The number of carbonyl (C=O) groups is 2. The van der Waals surface area contributed by atoms with Gasteiger partial charge in [-0.3, -0.25) is 14.5 Å². The molecule has 1 aliphatic rings. The summed E-state index contributed by atoms with van der Waals surface area (Å²) < 4.78 is 11.3. The van der Waals surface area contributed by atoms with Gasteiger partial charge in [-0.15, -0.1) is 0 Å². The van der Waals surface area contributed by atoms with E-state index in [0.717, 1.165) is 11.1 Å². The molecule has 38 heavy (non-hydrogen) atoms. The topological polar surface area (TPSA) is 76.1 Å². The fraction of sp³-hybridized carbons (Fsp3) is 0.312. The van der Waals surface area contributed by atoms with E-state index in [1.165, 1.54) is 4.90 Å². The number of amides is 1. The summed E-state index contributed by atoms with van der Waals surface area (Å²) >= 11 is 0. The number of aryl methyl sites for hydroxylation is 1. The quantitative estimate of drug-likeness (QED) is 0.204. The molecule has 1 aliphatic heterocycles. The first-order chi connectivity index (χ1) is 18.1. The monoisotopic (exact) mass is 513 g/mol. The largest absolute Gasteiger partial charge is 0.507 e. The molecule has 0 aromatic heterocycles. The van der Waals surface area contributed by atoms with Gasteiger partial charge < -0.3 is 14.6 Å². The molecule has 0 radical (unpaired) electrons. The number of anilines is 1. The molecule has 1 unspecified atom stereocenters. The molecule has 0 bridgehead atoms. The fourth-order valence-electron chi connectivity index (χ4n) is 4.62. The molecule has 198 valence electrons. The average molecular weight is 514 g/mol. The van der Waals surface area contributed by atoms with Gasteiger partial charge in [-0.2, -0.15) is 0 Å². The molecule has 1 fully saturated rings. The second-order valence-corrected chi connectivity index (χ2v) is 10.4. The van der Waals surface area contributed by atoms with E-state index in [9.17, 15) is 14.7 Å². The maximum atomic E-state index is 13.5. The van der Waals surface area contributed by atoms with Crippen molar-refractivity contribution in [2.24, 2.45) is 5.92 Å². The van der Waals surface area contributed by atoms with Crippen LogP contribution in [0.25, 0.3) is 5.76 Å². The van der Waals surface area contributed by atoms with Gasteiger partial charge in [0.05, 0.1) is 25.3 Å². The van der Waals surface area contributed by atoms with E-state index in [4.69, 9.17) is 9.47 Å². The molecule has 6 heteroatoms. The van der Waals surface area contributed by atoms with Crippen LogP contribution in [0.4, 0.5) is 5.69 Å². The van der Waals surface area contributed by atoms with Crippen LogP contribution in [0.5, 0.6) is 11.5 Å². The van der Waals surface area contributed by atoms with E-state index in [1.54, 1.807) is 19.2 Å². The van der Waals surface area contributed by atoms with Gasteiger partial charge in [0.25, 0.3) is 11.7 Å². The third-order valence-corrected chi connectivity index (χ3v) is 6.66. The number of methoxy groups -OCH3 is 1. The Hall–Kier alpha value is -4.06. The number of hydrogen-bond acceptors (Lipinski definition) is 5. The summed E-state index contributed by atoms with van der Waals surface area (Å²) in [6.45, 7) is 10.8. The Balaban J connectivity index is 1.87. The van der Waals surface area contributed by atoms with Crippen LogP contribution in [0.2, 0.25) is 0 Å². The molecule has 6 nitrogen and oxygen atoms in total. The Morgan fingerprint density at radius 2 is 1.61 bits per heavy atom. The van der Waals surface area contributed by atoms with Crippen LogP contribution >= 0.6 is 0 Å². The first-order valence-corrected chi connectivity index (χ1v) is 12.9. The minimum atomic E-state index is -0.804. The van der Waals surface area contributed by atoms with E-state index in [-0.39, 0.29) is 17.3 Å². The Morgan fingerprint density at radius 1 is 0.947 bits per heavy atom. The lowest BCUT2D eigenvalue weighted by atomic mass is 9.93. The highest BCUT2D eigenvalue weighted by Gasteiger charge is 2.47. The van der Waals surface area contributed by atoms with Gasteiger partial charge in [0.15, 0.2) is 0 Å². The van der Waals surface area contributed by atoms with Crippen molar-refractivity contribution in [3.05, 3.63) is 94.6 Å². The lowest BCUT2D eigenvalue weighted by molar-refractivity contribution is -0.132. The first kappa shape index (κ1) is 27.0. The maximum Gasteiger partial charge on any atom is 0.300 e. The summed E-state index contributed by atoms with van der Waals surface area (Å²) in [6, 6.07) is 19.3. The van der Waals surface area contributed by atoms with Gasteiger partial charge >= 0.3 is 0 Å². The molecule has 3 aromatic rings. The van der Waals surface area contributed by atoms with Crippen LogP contribution in [0, 0.1) is 12.8 Å². The summed E-state index contributed by atoms with van der Waals surface area (Å²) in [5.74, 6) is 0.280. The average Bonchev–Trinajstić information content (AvgIpc) is 3.17. The Labute approximate surface area is 224 Å². The molecule has 4 rings (SSSR count). The molecule has 3 aromatic carbocycles. The number of aliphatic hydroxyl groups is 1. The van der Waals surface area contributed by atoms with E-state index >= 15 is 0 Å². The Kier molecular flexibility index (Phi) is 7.91. The Morgan fingerprint density at radius 3 is 2.18 bits per heavy atom. The third kappa shape index (κ3) is 5.30. The van der Waals surface area contributed by atoms with Crippen molar-refractivity contribution >= 4 is 23.1 Å². The molecule has 1 atom stereocenters. The van der Waals surface area contributed by atoms with Crippen molar-refractivity contribution in [1.82, 2.24) is 0 Å². The molecular weight excluding hydrogens is 478 g/mol. The van der Waals surface area contributed by atoms with Crippen molar-refractivity contribution in [1.29, 1.82) is 0 Å². The second-order valence-electron chi connectivity index (χ2n) is 10.4. The standard InChI is InChI=1S/C32H35NO5/c1-19(2)18-38-25-14-9-22(10-15-25)29-28(30(34)23-11-16-27(37-6)26(17-23)20(3)4)31(35)32(36)33(29)24-12-7-21(5)8-13-24/h7-17,19-20,29,34H,18H2,1-6H3/b30-28-. The molecule has 1 amide bonds. The summed E-state index contributed by atoms with van der Waals surface area (Å²) in [4.78, 5) is 28.4. The molecule has 0 aliphatic carbocycles. The zero-order valence-electron chi connectivity index (χ0n) is 22.8. The molecule has 1 N–H and O–H groups in total. The van der Waals surface area contributed by atoms with Gasteiger partial charge in [0, 0.05) is 11.3 Å². The van der Waals surface area contributed by atoms with Crippen LogP contribution in [0.1, 0.15) is 61.9 Å². The maximum absolute atomic E-state index is 13.5. The number of nitrogens with zero attached hydrogens (tertiary/aromatic N) is 1. The van der Waals surface area contributed by atoms with Crippen LogP contribution in [-0.2, 0) is 9.59 Å². The molecule has 0 saturated carbocycles. The van der Waals surface area contributed by atoms with Gasteiger partial charge in [0.1, 0.15) is 17.3 Å². The second kappa shape index (κ2) is 11.1. The minimum absolute atomic E-state index is 0.0475. The van der Waals surface area contributed by atoms with Gasteiger partial charge in [-0.25, -0.2) is 0 Å². The van der Waals surface area contributed by atoms with E-state index in [0.29, 0.717) is 40.8 Å². The fourth-order valence-corrected chi connectivity index (χ4v) is 4.62. The van der Waals surface area contributed by atoms with Gasteiger partial charge in [-0.1, -0.05) is 57.5 Å². The number of hydrogen-bond donors (Lipinski definition) is 1. The summed E-state index contributed by atoms with van der Waals surface area (Å²) in [5, 5.41) is 11.5. The molecule has 1 heterocycles. The van der Waals surface area contributed by atoms with Gasteiger partial charge in [-0.05, 0) is 72.4 Å². The Bertz CT molecular complexity index is 1350. The lowest BCUT2D eigenvalue weighted by Crippen LogP contribution is -2.29. The van der Waals surface area contributed by atoms with Crippen molar-refractivity contribution in [2.75, 3.05) is 18.6 Å². The van der Waals surface area contributed by atoms with Crippen molar-refractivity contribution in [3.8, 4) is 11.5 Å². The smallest absolute Gasteiger partial charge is 0.300 e. The summed E-state index contributed by atoms with van der Waals surface area (Å²) in [7, 11) is 1.60. The number of carbonyl (C=O) groups excluding carboxylic acids is 2. The van der Waals surface area contributed by atoms with E-state index in [2.05, 4.69) is 13.8 Å². The SMILES string of the molecule is COc1ccc(/C(O)=C2/C(=O)C(=O)N(c3ccc(C)cc3)C2c2ccc(OCC(C)C)cc2)cc1C(C)C. The van der Waals surface area contributed by atoms with Crippen LogP contribution in [0.15, 0.2) is 72.3 Å². The van der Waals surface area contributed by atoms with Gasteiger partial charge in [0.2, 0.25) is 0 Å². The predicted molar refractivity (Wildman–Crippen MR) is 150 cm³/mol. The van der Waals surface area contributed by atoms with Crippen molar-refractivity contribution in [3.63, 3.8) is 0 Å². The highest BCUT2D eigenvalue weighted by atomic mass is 16.5. The third-order valence-electron chi connectivity index (χ3n) is 6.66. The van der Waals surface area contributed by atoms with Crippen LogP contribution in [-0.4, -0.2) is 30.5 Å².